The van der Waals surface area contributed by atoms with Gasteiger partial charge in [-0.3, -0.25) is 9.88 Å². The molecule has 0 aromatic carbocycles. The van der Waals surface area contributed by atoms with E-state index in [-0.39, 0.29) is 6.04 Å². The first-order chi connectivity index (χ1) is 8.58. The van der Waals surface area contributed by atoms with Crippen molar-refractivity contribution in [2.45, 2.75) is 39.3 Å². The third-order valence-corrected chi connectivity index (χ3v) is 3.81. The zero-order chi connectivity index (χ0) is 13.1. The van der Waals surface area contributed by atoms with Crippen molar-refractivity contribution in [3.8, 4) is 0 Å². The summed E-state index contributed by atoms with van der Waals surface area (Å²) in [4.78, 5) is 6.78. The van der Waals surface area contributed by atoms with Crippen LogP contribution in [0.1, 0.15) is 38.8 Å². The van der Waals surface area contributed by atoms with Crippen LogP contribution in [-0.4, -0.2) is 29.0 Å². The van der Waals surface area contributed by atoms with Gasteiger partial charge < -0.3 is 5.73 Å². The van der Waals surface area contributed by atoms with Gasteiger partial charge in [0.15, 0.2) is 0 Å². The molecule has 3 nitrogen and oxygen atoms in total. The molecule has 4 unspecified atom stereocenters. The van der Waals surface area contributed by atoms with Crippen molar-refractivity contribution in [3.05, 3.63) is 30.1 Å². The van der Waals surface area contributed by atoms with Crippen molar-refractivity contribution in [2.24, 2.45) is 17.6 Å². The number of piperidine rings is 1. The van der Waals surface area contributed by atoms with Crippen LogP contribution in [0.5, 0.6) is 0 Å². The molecule has 2 heterocycles. The molecule has 3 heteroatoms. The highest BCUT2D eigenvalue weighted by Gasteiger charge is 2.30. The predicted octanol–water partition coefficient (Wildman–Crippen LogP) is 2.45. The van der Waals surface area contributed by atoms with Crippen LogP contribution >= 0.6 is 0 Å². The van der Waals surface area contributed by atoms with E-state index in [4.69, 9.17) is 5.73 Å². The topological polar surface area (TPSA) is 42.2 Å². The van der Waals surface area contributed by atoms with E-state index in [0.29, 0.717) is 6.04 Å². The number of rotatable bonds is 3. The summed E-state index contributed by atoms with van der Waals surface area (Å²) in [5.41, 5.74) is 7.47. The van der Waals surface area contributed by atoms with Crippen molar-refractivity contribution in [1.29, 1.82) is 0 Å². The van der Waals surface area contributed by atoms with Crippen LogP contribution in [0.2, 0.25) is 0 Å². The Morgan fingerprint density at radius 3 is 2.50 bits per heavy atom. The van der Waals surface area contributed by atoms with Gasteiger partial charge in [0.1, 0.15) is 0 Å². The lowest BCUT2D eigenvalue weighted by molar-refractivity contribution is 0.0845. The smallest absolute Gasteiger partial charge is 0.0511 e. The molecule has 1 aromatic rings. The minimum absolute atomic E-state index is 0.131. The lowest BCUT2D eigenvalue weighted by Crippen LogP contribution is -2.46. The van der Waals surface area contributed by atoms with E-state index in [2.05, 4.69) is 36.7 Å². The Labute approximate surface area is 110 Å². The van der Waals surface area contributed by atoms with Crippen LogP contribution in [0.4, 0.5) is 0 Å². The van der Waals surface area contributed by atoms with Crippen molar-refractivity contribution >= 4 is 0 Å². The van der Waals surface area contributed by atoms with Crippen LogP contribution < -0.4 is 5.73 Å². The summed E-state index contributed by atoms with van der Waals surface area (Å²) in [6.45, 7) is 9.06. The Morgan fingerprint density at radius 2 is 2.00 bits per heavy atom. The molecule has 0 bridgehead atoms. The number of nitrogens with two attached hydrogens (primary N) is 1. The van der Waals surface area contributed by atoms with Crippen molar-refractivity contribution in [3.63, 3.8) is 0 Å². The van der Waals surface area contributed by atoms with Gasteiger partial charge in [0.25, 0.3) is 0 Å². The molecule has 100 valence electrons. The summed E-state index contributed by atoms with van der Waals surface area (Å²) in [7, 11) is 0. The maximum Gasteiger partial charge on any atom is 0.0511 e. The molecule has 18 heavy (non-hydrogen) atoms. The number of likely N-dealkylation sites (tertiary alicyclic amines) is 1. The normalized spacial score (nSPS) is 28.9. The Hall–Kier alpha value is -0.930. The molecule has 1 aromatic heterocycles. The maximum absolute atomic E-state index is 6.22. The molecular weight excluding hydrogens is 222 g/mol. The van der Waals surface area contributed by atoms with Crippen molar-refractivity contribution < 1.29 is 0 Å². The van der Waals surface area contributed by atoms with E-state index in [9.17, 15) is 0 Å². The van der Waals surface area contributed by atoms with Crippen LogP contribution in [0.15, 0.2) is 24.5 Å². The highest BCUT2D eigenvalue weighted by molar-refractivity contribution is 5.16. The number of aromatic nitrogens is 1. The van der Waals surface area contributed by atoms with Gasteiger partial charge >= 0.3 is 0 Å². The Bertz CT molecular complexity index is 353. The van der Waals surface area contributed by atoms with Gasteiger partial charge in [0, 0.05) is 31.5 Å². The molecule has 2 rings (SSSR count). The van der Waals surface area contributed by atoms with Gasteiger partial charge in [-0.25, -0.2) is 0 Å². The zero-order valence-corrected chi connectivity index (χ0v) is 11.7. The first-order valence-electron chi connectivity index (χ1n) is 6.97. The molecule has 0 saturated carbocycles. The SMILES string of the molecule is CC1CC(C)CN(C(c2cccnc2)C(C)N)C1. The van der Waals surface area contributed by atoms with E-state index in [1.807, 2.05) is 18.5 Å². The molecule has 1 fully saturated rings. The number of pyridine rings is 1. The number of nitrogens with zero attached hydrogens (tertiary/aromatic N) is 2. The van der Waals surface area contributed by atoms with Crippen LogP contribution in [0, 0.1) is 11.8 Å². The molecule has 4 atom stereocenters. The monoisotopic (exact) mass is 247 g/mol. The molecule has 0 aliphatic carbocycles. The lowest BCUT2D eigenvalue weighted by atomic mass is 9.88. The summed E-state index contributed by atoms with van der Waals surface area (Å²) in [6, 6.07) is 4.57. The summed E-state index contributed by atoms with van der Waals surface area (Å²) >= 11 is 0. The van der Waals surface area contributed by atoms with Crippen LogP contribution in [0.25, 0.3) is 0 Å². The standard InChI is InChI=1S/C15H25N3/c1-11-7-12(2)10-18(9-11)15(13(3)16)14-5-4-6-17-8-14/h4-6,8,11-13,15H,7,9-10,16H2,1-3H3. The van der Waals surface area contributed by atoms with Crippen molar-refractivity contribution in [1.82, 2.24) is 9.88 Å². The van der Waals surface area contributed by atoms with Crippen molar-refractivity contribution in [2.75, 3.05) is 13.1 Å². The second-order valence-corrected chi connectivity index (χ2v) is 5.99. The van der Waals surface area contributed by atoms with Crippen LogP contribution in [-0.2, 0) is 0 Å². The molecule has 1 saturated heterocycles. The van der Waals surface area contributed by atoms with Gasteiger partial charge in [-0.15, -0.1) is 0 Å². The molecule has 0 amide bonds. The molecule has 0 radical (unpaired) electrons. The summed E-state index contributed by atoms with van der Waals surface area (Å²) in [6.07, 6.45) is 5.11. The molecule has 1 aliphatic heterocycles. The predicted molar refractivity (Wildman–Crippen MR) is 75.1 cm³/mol. The Morgan fingerprint density at radius 1 is 1.33 bits per heavy atom. The quantitative estimate of drug-likeness (QED) is 0.892. The zero-order valence-electron chi connectivity index (χ0n) is 11.7. The number of hydrogen-bond donors (Lipinski definition) is 1. The summed E-state index contributed by atoms with van der Waals surface area (Å²) in [5, 5.41) is 0. The van der Waals surface area contributed by atoms with Gasteiger partial charge in [0.05, 0.1) is 6.04 Å². The van der Waals surface area contributed by atoms with Gasteiger partial charge in [-0.1, -0.05) is 19.9 Å². The molecule has 2 N–H and O–H groups in total. The Balaban J connectivity index is 2.20. The largest absolute Gasteiger partial charge is 0.326 e. The lowest BCUT2D eigenvalue weighted by Gasteiger charge is -2.41. The van der Waals surface area contributed by atoms with Gasteiger partial charge in [-0.2, -0.15) is 0 Å². The minimum atomic E-state index is 0.131. The van der Waals surface area contributed by atoms with E-state index in [1.165, 1.54) is 12.0 Å². The first kappa shape index (κ1) is 13.5. The average Bonchev–Trinajstić information content (AvgIpc) is 2.28. The third kappa shape index (κ3) is 3.09. The highest BCUT2D eigenvalue weighted by atomic mass is 15.2. The van der Waals surface area contributed by atoms with E-state index in [0.717, 1.165) is 24.9 Å². The number of hydrogen-bond acceptors (Lipinski definition) is 3. The van der Waals surface area contributed by atoms with E-state index < -0.39 is 0 Å². The second kappa shape index (κ2) is 5.81. The fourth-order valence-corrected chi connectivity index (χ4v) is 3.34. The molecule has 1 aliphatic rings. The minimum Gasteiger partial charge on any atom is -0.326 e. The third-order valence-electron chi connectivity index (χ3n) is 3.81. The highest BCUT2D eigenvalue weighted by Crippen LogP contribution is 2.30. The summed E-state index contributed by atoms with van der Waals surface area (Å²) < 4.78 is 0. The van der Waals surface area contributed by atoms with Gasteiger partial charge in [0.2, 0.25) is 0 Å². The van der Waals surface area contributed by atoms with Crippen LogP contribution in [0.3, 0.4) is 0 Å². The first-order valence-corrected chi connectivity index (χ1v) is 6.97. The maximum atomic E-state index is 6.22. The van der Waals surface area contributed by atoms with E-state index >= 15 is 0 Å². The molecular formula is C15H25N3. The average molecular weight is 247 g/mol. The fraction of sp³-hybridized carbons (Fsp3) is 0.667. The fourth-order valence-electron chi connectivity index (χ4n) is 3.34. The molecule has 0 spiro atoms. The summed E-state index contributed by atoms with van der Waals surface area (Å²) in [5.74, 6) is 1.51. The Kier molecular flexibility index (Phi) is 4.36. The van der Waals surface area contributed by atoms with Gasteiger partial charge in [-0.05, 0) is 36.8 Å². The second-order valence-electron chi connectivity index (χ2n) is 5.99. The van der Waals surface area contributed by atoms with E-state index in [1.54, 1.807) is 0 Å².